The molecular weight excluding hydrogens is 384 g/mol. The van der Waals surface area contributed by atoms with Crippen LogP contribution in [-0.2, 0) is 11.2 Å². The first kappa shape index (κ1) is 17.7. The van der Waals surface area contributed by atoms with Crippen LogP contribution in [0.15, 0.2) is 41.1 Å². The summed E-state index contributed by atoms with van der Waals surface area (Å²) in [7, 11) is 1.58. The van der Waals surface area contributed by atoms with E-state index in [0.717, 1.165) is 29.8 Å². The number of anilines is 1. The van der Waals surface area contributed by atoms with Crippen LogP contribution in [0.5, 0.6) is 5.88 Å². The van der Waals surface area contributed by atoms with Gasteiger partial charge in [-0.25, -0.2) is 0 Å². The third-order valence-corrected chi connectivity index (χ3v) is 5.10. The lowest BCUT2D eigenvalue weighted by atomic mass is 10.1. The molecule has 0 radical (unpaired) electrons. The van der Waals surface area contributed by atoms with Crippen molar-refractivity contribution in [1.29, 1.82) is 0 Å². The number of ether oxygens (including phenoxy) is 1. The normalized spacial score (nSPS) is 14.5. The Morgan fingerprint density at radius 2 is 1.96 bits per heavy atom. The number of nitrogens with zero attached hydrogens (tertiary/aromatic N) is 4. The molecule has 0 bridgehead atoms. The maximum absolute atomic E-state index is 12.5. The van der Waals surface area contributed by atoms with Gasteiger partial charge in [-0.05, 0) is 18.1 Å². The molecule has 2 heterocycles. The van der Waals surface area contributed by atoms with Gasteiger partial charge in [0, 0.05) is 37.1 Å². The quantitative estimate of drug-likeness (QED) is 0.765. The van der Waals surface area contributed by atoms with Gasteiger partial charge in [-0.15, -0.1) is 0 Å². The summed E-state index contributed by atoms with van der Waals surface area (Å²) in [5.41, 5.74) is 1.17. The molecule has 0 atom stereocenters. The van der Waals surface area contributed by atoms with Crippen molar-refractivity contribution in [3.8, 4) is 5.88 Å². The first-order valence-electron chi connectivity index (χ1n) is 8.29. The average Bonchev–Trinajstić information content (AvgIpc) is 2.67. The van der Waals surface area contributed by atoms with E-state index in [4.69, 9.17) is 4.74 Å². The summed E-state index contributed by atoms with van der Waals surface area (Å²) >= 11 is 3.53. The number of methoxy groups -OCH3 is 1. The summed E-state index contributed by atoms with van der Waals surface area (Å²) < 4.78 is 6.18. The van der Waals surface area contributed by atoms with Crippen molar-refractivity contribution in [2.45, 2.75) is 12.8 Å². The molecule has 0 N–H and O–H groups in total. The van der Waals surface area contributed by atoms with E-state index < -0.39 is 0 Å². The number of aromatic nitrogens is 2. The van der Waals surface area contributed by atoms with Crippen LogP contribution in [0.3, 0.4) is 0 Å². The lowest BCUT2D eigenvalue weighted by Crippen LogP contribution is -2.49. The molecule has 1 amide bonds. The molecule has 2 aromatic rings. The van der Waals surface area contributed by atoms with Crippen molar-refractivity contribution in [3.63, 3.8) is 0 Å². The van der Waals surface area contributed by atoms with Gasteiger partial charge in [0.1, 0.15) is 0 Å². The lowest BCUT2D eigenvalue weighted by molar-refractivity contribution is -0.131. The predicted octanol–water partition coefficient (Wildman–Crippen LogP) is 2.53. The fourth-order valence-electron chi connectivity index (χ4n) is 2.87. The van der Waals surface area contributed by atoms with Crippen molar-refractivity contribution in [1.82, 2.24) is 14.9 Å². The molecule has 0 unspecified atom stereocenters. The third-order valence-electron chi connectivity index (χ3n) is 4.33. The van der Waals surface area contributed by atoms with E-state index in [1.54, 1.807) is 19.5 Å². The Hall–Kier alpha value is -2.15. The van der Waals surface area contributed by atoms with Crippen molar-refractivity contribution < 1.29 is 9.53 Å². The lowest BCUT2D eigenvalue weighted by Gasteiger charge is -2.35. The second-order valence-corrected chi connectivity index (χ2v) is 6.73. The molecule has 0 aliphatic carbocycles. The molecule has 132 valence electrons. The highest BCUT2D eigenvalue weighted by Gasteiger charge is 2.22. The Labute approximate surface area is 156 Å². The minimum Gasteiger partial charge on any atom is -0.480 e. The summed E-state index contributed by atoms with van der Waals surface area (Å²) in [5.74, 6) is 1.50. The Balaban J connectivity index is 1.51. The highest BCUT2D eigenvalue weighted by Crippen LogP contribution is 2.19. The SMILES string of the molecule is COc1cncc(N2CCN(C(=O)CCc3ccccc3Br)CC2)n1. The zero-order chi connectivity index (χ0) is 17.6. The molecule has 1 fully saturated rings. The first-order valence-corrected chi connectivity index (χ1v) is 9.09. The summed E-state index contributed by atoms with van der Waals surface area (Å²) in [6.07, 6.45) is 4.60. The number of piperazine rings is 1. The molecule has 1 aliphatic heterocycles. The van der Waals surface area contributed by atoms with Crippen molar-refractivity contribution in [3.05, 3.63) is 46.7 Å². The number of halogens is 1. The fourth-order valence-corrected chi connectivity index (χ4v) is 3.36. The largest absolute Gasteiger partial charge is 0.480 e. The molecule has 1 saturated heterocycles. The monoisotopic (exact) mass is 404 g/mol. The molecular formula is C18H21BrN4O2. The summed E-state index contributed by atoms with van der Waals surface area (Å²) in [6.45, 7) is 2.91. The maximum Gasteiger partial charge on any atom is 0.233 e. The minimum atomic E-state index is 0.201. The van der Waals surface area contributed by atoms with Crippen LogP contribution >= 0.6 is 15.9 Å². The van der Waals surface area contributed by atoms with E-state index in [2.05, 4.69) is 36.9 Å². The van der Waals surface area contributed by atoms with Crippen LogP contribution in [0.4, 0.5) is 5.82 Å². The third kappa shape index (κ3) is 4.48. The van der Waals surface area contributed by atoms with Crippen LogP contribution in [-0.4, -0.2) is 54.1 Å². The minimum absolute atomic E-state index is 0.201. The van der Waals surface area contributed by atoms with Gasteiger partial charge in [-0.2, -0.15) is 4.98 Å². The average molecular weight is 405 g/mol. The fraction of sp³-hybridized carbons (Fsp3) is 0.389. The number of carbonyl (C=O) groups excluding carboxylic acids is 1. The highest BCUT2D eigenvalue weighted by molar-refractivity contribution is 9.10. The van der Waals surface area contributed by atoms with Crippen LogP contribution in [0, 0.1) is 0 Å². The number of rotatable bonds is 5. The number of aryl methyl sites for hydroxylation is 1. The van der Waals surface area contributed by atoms with E-state index in [9.17, 15) is 4.79 Å². The van der Waals surface area contributed by atoms with Crippen LogP contribution in [0.1, 0.15) is 12.0 Å². The van der Waals surface area contributed by atoms with E-state index in [0.29, 0.717) is 25.4 Å². The molecule has 0 spiro atoms. The van der Waals surface area contributed by atoms with Gasteiger partial charge in [0.15, 0.2) is 5.82 Å². The van der Waals surface area contributed by atoms with Crippen LogP contribution in [0.25, 0.3) is 0 Å². The second-order valence-electron chi connectivity index (χ2n) is 5.88. The summed E-state index contributed by atoms with van der Waals surface area (Å²) in [6, 6.07) is 8.04. The van der Waals surface area contributed by atoms with E-state index in [1.165, 1.54) is 5.56 Å². The molecule has 1 aliphatic rings. The number of hydrogen-bond acceptors (Lipinski definition) is 5. The predicted molar refractivity (Wildman–Crippen MR) is 99.8 cm³/mol. The number of hydrogen-bond donors (Lipinski definition) is 0. The summed E-state index contributed by atoms with van der Waals surface area (Å²) in [5, 5.41) is 0. The second kappa shape index (κ2) is 8.29. The topological polar surface area (TPSA) is 58.6 Å². The van der Waals surface area contributed by atoms with E-state index >= 15 is 0 Å². The molecule has 0 saturated carbocycles. The molecule has 1 aromatic carbocycles. The number of amides is 1. The zero-order valence-corrected chi connectivity index (χ0v) is 15.8. The van der Waals surface area contributed by atoms with Gasteiger partial charge >= 0.3 is 0 Å². The van der Waals surface area contributed by atoms with Gasteiger partial charge in [0.2, 0.25) is 11.8 Å². The highest BCUT2D eigenvalue weighted by atomic mass is 79.9. The van der Waals surface area contributed by atoms with E-state index in [1.807, 2.05) is 23.1 Å². The molecule has 7 heteroatoms. The van der Waals surface area contributed by atoms with Gasteiger partial charge in [0.25, 0.3) is 0 Å². The van der Waals surface area contributed by atoms with Crippen LogP contribution in [0.2, 0.25) is 0 Å². The van der Waals surface area contributed by atoms with Crippen molar-refractivity contribution in [2.24, 2.45) is 0 Å². The summed E-state index contributed by atoms with van der Waals surface area (Å²) in [4.78, 5) is 25.1. The Kier molecular flexibility index (Phi) is 5.86. The van der Waals surface area contributed by atoms with Crippen LogP contribution < -0.4 is 9.64 Å². The molecule has 3 rings (SSSR count). The first-order chi connectivity index (χ1) is 12.2. The Morgan fingerprint density at radius 3 is 2.68 bits per heavy atom. The van der Waals surface area contributed by atoms with Gasteiger partial charge in [-0.3, -0.25) is 9.78 Å². The number of benzene rings is 1. The number of carbonyl (C=O) groups is 1. The maximum atomic E-state index is 12.5. The van der Waals surface area contributed by atoms with E-state index in [-0.39, 0.29) is 5.91 Å². The molecule has 6 nitrogen and oxygen atoms in total. The van der Waals surface area contributed by atoms with Gasteiger partial charge in [-0.1, -0.05) is 34.1 Å². The molecule has 1 aromatic heterocycles. The smallest absolute Gasteiger partial charge is 0.233 e. The molecule has 25 heavy (non-hydrogen) atoms. The zero-order valence-electron chi connectivity index (χ0n) is 14.2. The Bertz CT molecular complexity index is 733. The van der Waals surface area contributed by atoms with Crippen molar-refractivity contribution in [2.75, 3.05) is 38.2 Å². The van der Waals surface area contributed by atoms with Crippen molar-refractivity contribution >= 4 is 27.7 Å². The van der Waals surface area contributed by atoms with Gasteiger partial charge < -0.3 is 14.5 Å². The Morgan fingerprint density at radius 1 is 1.20 bits per heavy atom. The standard InChI is InChI=1S/C18H21BrN4O2/c1-25-17-13-20-12-16(21-17)22-8-10-23(11-9-22)18(24)7-6-14-4-2-3-5-15(14)19/h2-5,12-13H,6-11H2,1H3. The van der Waals surface area contributed by atoms with Gasteiger partial charge in [0.05, 0.1) is 19.5 Å².